The van der Waals surface area contributed by atoms with Crippen LogP contribution in [0.3, 0.4) is 0 Å². The number of hydrogen-bond acceptors (Lipinski definition) is 2. The Hall–Kier alpha value is -1.93. The molecule has 0 saturated carbocycles. The van der Waals surface area contributed by atoms with Crippen molar-refractivity contribution in [1.29, 1.82) is 0 Å². The quantitative estimate of drug-likeness (QED) is 0.803. The van der Waals surface area contributed by atoms with Crippen molar-refractivity contribution >= 4 is 5.78 Å². The minimum Gasteiger partial charge on any atom is -0.393 e. The summed E-state index contributed by atoms with van der Waals surface area (Å²) in [4.78, 5) is 11.9. The van der Waals surface area contributed by atoms with Gasteiger partial charge in [-0.3, -0.25) is 4.79 Å². The van der Waals surface area contributed by atoms with Crippen LogP contribution in [-0.4, -0.2) is 17.0 Å². The van der Waals surface area contributed by atoms with Gasteiger partial charge < -0.3 is 5.11 Å². The summed E-state index contributed by atoms with van der Waals surface area (Å²) in [5.74, 6) is 0.0905. The molecule has 0 aliphatic rings. The van der Waals surface area contributed by atoms with Gasteiger partial charge in [0, 0.05) is 12.0 Å². The van der Waals surface area contributed by atoms with Gasteiger partial charge in [-0.15, -0.1) is 0 Å². The third-order valence-corrected chi connectivity index (χ3v) is 3.11. The van der Waals surface area contributed by atoms with Crippen LogP contribution in [0.25, 0.3) is 0 Å². The summed E-state index contributed by atoms with van der Waals surface area (Å²) in [5, 5.41) is 9.95. The van der Waals surface area contributed by atoms with Crippen molar-refractivity contribution < 1.29 is 9.90 Å². The molecule has 0 aliphatic carbocycles. The highest BCUT2D eigenvalue weighted by atomic mass is 16.3. The summed E-state index contributed by atoms with van der Waals surface area (Å²) in [5.41, 5.74) is 1.82. The van der Waals surface area contributed by atoms with Gasteiger partial charge in [-0.1, -0.05) is 60.7 Å². The first kappa shape index (κ1) is 13.5. The van der Waals surface area contributed by atoms with E-state index in [-0.39, 0.29) is 5.78 Å². The lowest BCUT2D eigenvalue weighted by atomic mass is 10.0. The Morgan fingerprint density at radius 3 is 2.16 bits per heavy atom. The lowest BCUT2D eigenvalue weighted by Crippen LogP contribution is -2.13. The minimum absolute atomic E-state index is 0.0905. The fraction of sp³-hybridized carbons (Fsp3) is 0.235. The minimum atomic E-state index is -0.463. The van der Waals surface area contributed by atoms with Gasteiger partial charge in [0.15, 0.2) is 5.78 Å². The predicted octanol–water partition coefficient (Wildman–Crippen LogP) is 3.25. The summed E-state index contributed by atoms with van der Waals surface area (Å²) in [6.45, 7) is 0. The monoisotopic (exact) mass is 254 g/mol. The van der Waals surface area contributed by atoms with E-state index in [1.165, 1.54) is 0 Å². The molecule has 0 heterocycles. The predicted molar refractivity (Wildman–Crippen MR) is 76.2 cm³/mol. The van der Waals surface area contributed by atoms with Gasteiger partial charge in [0.05, 0.1) is 6.10 Å². The first-order valence-electron chi connectivity index (χ1n) is 6.56. The highest BCUT2D eigenvalue weighted by Gasteiger charge is 2.10. The highest BCUT2D eigenvalue weighted by molar-refractivity contribution is 5.95. The van der Waals surface area contributed by atoms with Crippen molar-refractivity contribution in [1.82, 2.24) is 0 Å². The van der Waals surface area contributed by atoms with Crippen LogP contribution in [0, 0.1) is 0 Å². The second-order valence-electron chi connectivity index (χ2n) is 4.67. The second-order valence-corrected chi connectivity index (χ2v) is 4.67. The molecule has 0 aliphatic heterocycles. The van der Waals surface area contributed by atoms with Gasteiger partial charge in [-0.25, -0.2) is 0 Å². The Morgan fingerprint density at radius 1 is 0.947 bits per heavy atom. The first-order valence-corrected chi connectivity index (χ1v) is 6.56. The van der Waals surface area contributed by atoms with E-state index in [1.807, 2.05) is 60.7 Å². The van der Waals surface area contributed by atoms with Gasteiger partial charge in [-0.05, 0) is 18.4 Å². The average molecular weight is 254 g/mol. The number of carbonyl (C=O) groups excluding carboxylic acids is 1. The van der Waals surface area contributed by atoms with Crippen LogP contribution in [0.15, 0.2) is 60.7 Å². The average Bonchev–Trinajstić information content (AvgIpc) is 2.47. The molecule has 0 radical (unpaired) electrons. The second kappa shape index (κ2) is 6.86. The number of hydrogen-bond donors (Lipinski definition) is 1. The van der Waals surface area contributed by atoms with Crippen molar-refractivity contribution in [3.63, 3.8) is 0 Å². The number of ketones is 1. The molecule has 0 amide bonds. The van der Waals surface area contributed by atoms with Crippen LogP contribution in [0.1, 0.15) is 28.8 Å². The highest BCUT2D eigenvalue weighted by Crippen LogP contribution is 2.10. The third-order valence-electron chi connectivity index (χ3n) is 3.11. The van der Waals surface area contributed by atoms with E-state index < -0.39 is 6.10 Å². The van der Waals surface area contributed by atoms with Crippen LogP contribution < -0.4 is 0 Å². The van der Waals surface area contributed by atoms with Gasteiger partial charge in [0.1, 0.15) is 0 Å². The molecule has 2 heteroatoms. The lowest BCUT2D eigenvalue weighted by Gasteiger charge is -2.10. The maximum Gasteiger partial charge on any atom is 0.162 e. The molecule has 0 bridgehead atoms. The third kappa shape index (κ3) is 4.34. The lowest BCUT2D eigenvalue weighted by molar-refractivity contribution is 0.0940. The van der Waals surface area contributed by atoms with Crippen LogP contribution in [-0.2, 0) is 6.42 Å². The van der Waals surface area contributed by atoms with E-state index in [4.69, 9.17) is 0 Å². The van der Waals surface area contributed by atoms with Gasteiger partial charge >= 0.3 is 0 Å². The summed E-state index contributed by atoms with van der Waals surface area (Å²) in [6.07, 6.45) is 1.03. The Balaban J connectivity index is 1.81. The Morgan fingerprint density at radius 2 is 1.53 bits per heavy atom. The number of rotatable bonds is 6. The summed E-state index contributed by atoms with van der Waals surface area (Å²) in [6, 6.07) is 19.1. The van der Waals surface area contributed by atoms with Crippen LogP contribution in [0.2, 0.25) is 0 Å². The molecular formula is C17H18O2. The van der Waals surface area contributed by atoms with E-state index >= 15 is 0 Å². The van der Waals surface area contributed by atoms with Gasteiger partial charge in [0.2, 0.25) is 0 Å². The molecule has 0 fully saturated rings. The Bertz CT molecular complexity index is 505. The molecular weight excluding hydrogens is 236 g/mol. The number of carbonyl (C=O) groups is 1. The van der Waals surface area contributed by atoms with E-state index in [9.17, 15) is 9.90 Å². The topological polar surface area (TPSA) is 37.3 Å². The molecule has 1 unspecified atom stereocenters. The fourth-order valence-electron chi connectivity index (χ4n) is 2.05. The number of aliphatic hydroxyl groups is 1. The standard InChI is InChI=1S/C17H18O2/c18-16(13-14-7-3-1-4-8-14)11-12-17(19)15-9-5-2-6-10-15/h1-10,16,18H,11-13H2. The maximum atomic E-state index is 11.9. The van der Waals surface area contributed by atoms with Gasteiger partial charge in [0.25, 0.3) is 0 Å². The number of Topliss-reactive ketones (excluding diaryl/α,β-unsaturated/α-hetero) is 1. The fourth-order valence-corrected chi connectivity index (χ4v) is 2.05. The molecule has 0 saturated heterocycles. The number of benzene rings is 2. The van der Waals surface area contributed by atoms with E-state index in [1.54, 1.807) is 0 Å². The molecule has 98 valence electrons. The molecule has 2 rings (SSSR count). The molecule has 1 atom stereocenters. The summed E-state index contributed by atoms with van der Waals surface area (Å²) in [7, 11) is 0. The zero-order chi connectivity index (χ0) is 13.5. The largest absolute Gasteiger partial charge is 0.393 e. The molecule has 2 aromatic rings. The number of aliphatic hydroxyl groups excluding tert-OH is 1. The van der Waals surface area contributed by atoms with E-state index in [0.29, 0.717) is 19.3 Å². The molecule has 0 aromatic heterocycles. The summed E-state index contributed by atoms with van der Waals surface area (Å²) >= 11 is 0. The van der Waals surface area contributed by atoms with Crippen molar-refractivity contribution in [3.8, 4) is 0 Å². The smallest absolute Gasteiger partial charge is 0.162 e. The van der Waals surface area contributed by atoms with Crippen LogP contribution in [0.5, 0.6) is 0 Å². The van der Waals surface area contributed by atoms with Crippen molar-refractivity contribution in [2.75, 3.05) is 0 Å². The van der Waals surface area contributed by atoms with Gasteiger partial charge in [-0.2, -0.15) is 0 Å². The van der Waals surface area contributed by atoms with Crippen LogP contribution >= 0.6 is 0 Å². The van der Waals surface area contributed by atoms with Crippen molar-refractivity contribution in [2.24, 2.45) is 0 Å². The zero-order valence-corrected chi connectivity index (χ0v) is 10.8. The molecule has 0 spiro atoms. The normalized spacial score (nSPS) is 12.1. The summed E-state index contributed by atoms with van der Waals surface area (Å²) < 4.78 is 0. The van der Waals surface area contributed by atoms with E-state index in [2.05, 4.69) is 0 Å². The molecule has 19 heavy (non-hydrogen) atoms. The Labute approximate surface area is 113 Å². The zero-order valence-electron chi connectivity index (χ0n) is 10.8. The van der Waals surface area contributed by atoms with Crippen molar-refractivity contribution in [2.45, 2.75) is 25.4 Å². The van der Waals surface area contributed by atoms with Crippen LogP contribution in [0.4, 0.5) is 0 Å². The molecule has 2 nitrogen and oxygen atoms in total. The van der Waals surface area contributed by atoms with Crippen molar-refractivity contribution in [3.05, 3.63) is 71.8 Å². The Kier molecular flexibility index (Phi) is 4.87. The molecule has 1 N–H and O–H groups in total. The SMILES string of the molecule is O=C(CCC(O)Cc1ccccc1)c1ccccc1. The molecule has 2 aromatic carbocycles. The van der Waals surface area contributed by atoms with E-state index in [0.717, 1.165) is 11.1 Å². The first-order chi connectivity index (χ1) is 9.25. The maximum absolute atomic E-state index is 11.9.